The van der Waals surface area contributed by atoms with Gasteiger partial charge in [0.05, 0.1) is 5.69 Å². The summed E-state index contributed by atoms with van der Waals surface area (Å²) in [6, 6.07) is 0.0719. The summed E-state index contributed by atoms with van der Waals surface area (Å²) in [4.78, 5) is 22.7. The number of amides is 1. The number of aromatic nitrogens is 2. The van der Waals surface area contributed by atoms with Gasteiger partial charge < -0.3 is 20.6 Å². The Hall–Kier alpha value is -1.89. The van der Waals surface area contributed by atoms with Crippen molar-refractivity contribution in [2.24, 2.45) is 5.92 Å². The second-order valence-corrected chi connectivity index (χ2v) is 5.97. The number of carbonyl (C=O) groups is 1. The van der Waals surface area contributed by atoms with Gasteiger partial charge in [0.25, 0.3) is 0 Å². The van der Waals surface area contributed by atoms with Crippen LogP contribution in [0.5, 0.6) is 0 Å². The Kier molecular flexibility index (Phi) is 3.44. The van der Waals surface area contributed by atoms with Gasteiger partial charge in [-0.15, -0.1) is 0 Å². The van der Waals surface area contributed by atoms with Crippen LogP contribution in [0.3, 0.4) is 0 Å². The van der Waals surface area contributed by atoms with Crippen molar-refractivity contribution in [2.75, 3.05) is 29.2 Å². The Balaban J connectivity index is 1.82. The van der Waals surface area contributed by atoms with Gasteiger partial charge in [0.2, 0.25) is 11.9 Å². The Labute approximate surface area is 123 Å². The normalized spacial score (nSPS) is 27.7. The molecule has 1 aromatic heterocycles. The lowest BCUT2D eigenvalue weighted by Crippen LogP contribution is -2.45. The maximum Gasteiger partial charge on any atom is 0.246 e. The van der Waals surface area contributed by atoms with Crippen molar-refractivity contribution < 1.29 is 9.90 Å². The number of aryl methyl sites for hydroxylation is 1. The monoisotopic (exact) mass is 291 g/mol. The molecular formula is C14H21N5O2. The van der Waals surface area contributed by atoms with Crippen LogP contribution in [-0.4, -0.2) is 46.7 Å². The Morgan fingerprint density at radius 1 is 1.43 bits per heavy atom. The molecule has 1 aliphatic carbocycles. The van der Waals surface area contributed by atoms with Crippen LogP contribution in [-0.2, 0) is 4.79 Å². The molecule has 2 aliphatic rings. The fraction of sp³-hybridized carbons (Fsp3) is 0.643. The molecule has 0 radical (unpaired) electrons. The molecule has 1 aromatic rings. The van der Waals surface area contributed by atoms with Gasteiger partial charge in [-0.25, -0.2) is 4.98 Å². The summed E-state index contributed by atoms with van der Waals surface area (Å²) in [5, 5.41) is 15.2. The lowest BCUT2D eigenvalue weighted by molar-refractivity contribution is -0.117. The van der Waals surface area contributed by atoms with Gasteiger partial charge in [-0.1, -0.05) is 0 Å². The van der Waals surface area contributed by atoms with Gasteiger partial charge in [-0.2, -0.15) is 4.98 Å². The van der Waals surface area contributed by atoms with E-state index in [1.807, 2.05) is 25.8 Å². The average molecular weight is 291 g/mol. The van der Waals surface area contributed by atoms with E-state index in [4.69, 9.17) is 5.11 Å². The molecule has 1 aliphatic heterocycles. The van der Waals surface area contributed by atoms with Crippen molar-refractivity contribution in [3.05, 3.63) is 5.69 Å². The van der Waals surface area contributed by atoms with Crippen LogP contribution < -0.4 is 15.5 Å². The third-order valence-electron chi connectivity index (χ3n) is 4.44. The molecule has 1 saturated carbocycles. The van der Waals surface area contributed by atoms with Crippen molar-refractivity contribution in [3.8, 4) is 0 Å². The number of nitrogens with one attached hydrogen (secondary N) is 2. The highest BCUT2D eigenvalue weighted by atomic mass is 16.3. The maximum atomic E-state index is 11.9. The van der Waals surface area contributed by atoms with Crippen LogP contribution in [0, 0.1) is 12.8 Å². The Morgan fingerprint density at radius 3 is 2.81 bits per heavy atom. The van der Waals surface area contributed by atoms with E-state index >= 15 is 0 Å². The number of hydrogen-bond acceptors (Lipinski definition) is 6. The highest BCUT2D eigenvalue weighted by Gasteiger charge is 2.32. The summed E-state index contributed by atoms with van der Waals surface area (Å²) in [6.45, 7) is 3.96. The third-order valence-corrected chi connectivity index (χ3v) is 4.44. The number of aliphatic hydroxyl groups excluding tert-OH is 1. The van der Waals surface area contributed by atoms with E-state index < -0.39 is 0 Å². The highest BCUT2D eigenvalue weighted by Crippen LogP contribution is 2.34. The van der Waals surface area contributed by atoms with Gasteiger partial charge in [0, 0.05) is 19.7 Å². The van der Waals surface area contributed by atoms with E-state index in [2.05, 4.69) is 20.6 Å². The molecular weight excluding hydrogens is 270 g/mol. The lowest BCUT2D eigenvalue weighted by atomic mass is 9.81. The summed E-state index contributed by atoms with van der Waals surface area (Å²) in [7, 11) is 1.86. The minimum absolute atomic E-state index is 0.0396. The topological polar surface area (TPSA) is 90.4 Å². The first-order chi connectivity index (χ1) is 9.99. The molecule has 3 N–H and O–H groups in total. The second-order valence-electron chi connectivity index (χ2n) is 5.97. The van der Waals surface area contributed by atoms with Crippen molar-refractivity contribution >= 4 is 23.4 Å². The molecule has 0 bridgehead atoms. The van der Waals surface area contributed by atoms with E-state index in [-0.39, 0.29) is 18.6 Å². The number of nitrogens with zero attached hydrogens (tertiary/aromatic N) is 3. The van der Waals surface area contributed by atoms with Crippen molar-refractivity contribution in [3.63, 3.8) is 0 Å². The molecule has 1 fully saturated rings. The second kappa shape index (κ2) is 5.14. The van der Waals surface area contributed by atoms with Crippen LogP contribution in [0.25, 0.3) is 0 Å². The molecule has 0 spiro atoms. The number of fused-ring (bicyclic) bond motifs is 1. The lowest BCUT2D eigenvalue weighted by Gasteiger charge is -2.36. The SMILES string of the molecule is Cc1nc(N[C@H]2C[C@@H](CO)C2)nc2c1NC(=O)[C@H](C)N2C. The van der Waals surface area contributed by atoms with Crippen LogP contribution in [0.2, 0.25) is 0 Å². The highest BCUT2D eigenvalue weighted by molar-refractivity contribution is 6.03. The number of aliphatic hydroxyl groups is 1. The predicted octanol–water partition coefficient (Wildman–Crippen LogP) is 0.745. The van der Waals surface area contributed by atoms with E-state index in [1.54, 1.807) is 0 Å². The summed E-state index contributed by atoms with van der Waals surface area (Å²) in [5.41, 5.74) is 1.45. The average Bonchev–Trinajstić information content (AvgIpc) is 2.41. The van der Waals surface area contributed by atoms with E-state index in [0.717, 1.165) is 24.4 Å². The molecule has 2 heterocycles. The summed E-state index contributed by atoms with van der Waals surface area (Å²) in [6.07, 6.45) is 1.89. The van der Waals surface area contributed by atoms with Gasteiger partial charge in [0.1, 0.15) is 11.7 Å². The molecule has 3 rings (SSSR count). The first-order valence-electron chi connectivity index (χ1n) is 7.29. The van der Waals surface area contributed by atoms with Crippen molar-refractivity contribution in [1.82, 2.24) is 9.97 Å². The quantitative estimate of drug-likeness (QED) is 0.761. The first kappa shape index (κ1) is 14.1. The molecule has 1 atom stereocenters. The molecule has 7 nitrogen and oxygen atoms in total. The summed E-state index contributed by atoms with van der Waals surface area (Å²) in [5.74, 6) is 1.68. The number of rotatable bonds is 3. The Bertz CT molecular complexity index is 571. The van der Waals surface area contributed by atoms with Crippen LogP contribution in [0.4, 0.5) is 17.5 Å². The molecule has 7 heteroatoms. The van der Waals surface area contributed by atoms with Crippen LogP contribution >= 0.6 is 0 Å². The van der Waals surface area contributed by atoms with Crippen LogP contribution in [0.15, 0.2) is 0 Å². The zero-order valence-corrected chi connectivity index (χ0v) is 12.6. The van der Waals surface area contributed by atoms with Gasteiger partial charge in [0.15, 0.2) is 5.82 Å². The molecule has 1 amide bonds. The summed E-state index contributed by atoms with van der Waals surface area (Å²) < 4.78 is 0. The van der Waals surface area contributed by atoms with Crippen molar-refractivity contribution in [1.29, 1.82) is 0 Å². The molecule has 21 heavy (non-hydrogen) atoms. The third kappa shape index (κ3) is 2.42. The van der Waals surface area contributed by atoms with E-state index in [9.17, 15) is 4.79 Å². The minimum Gasteiger partial charge on any atom is -0.396 e. The zero-order valence-electron chi connectivity index (χ0n) is 12.6. The number of carbonyl (C=O) groups excluding carboxylic acids is 1. The summed E-state index contributed by atoms with van der Waals surface area (Å²) >= 11 is 0. The van der Waals surface area contributed by atoms with E-state index in [0.29, 0.717) is 23.6 Å². The maximum absolute atomic E-state index is 11.9. The molecule has 114 valence electrons. The number of hydrogen-bond donors (Lipinski definition) is 3. The van der Waals surface area contributed by atoms with Crippen molar-refractivity contribution in [2.45, 2.75) is 38.8 Å². The largest absolute Gasteiger partial charge is 0.396 e. The molecule has 0 saturated heterocycles. The minimum atomic E-state index is -0.248. The Morgan fingerprint density at radius 2 is 2.14 bits per heavy atom. The van der Waals surface area contributed by atoms with Gasteiger partial charge in [-0.05, 0) is 32.6 Å². The smallest absolute Gasteiger partial charge is 0.246 e. The predicted molar refractivity (Wildman–Crippen MR) is 80.5 cm³/mol. The molecule has 0 unspecified atom stereocenters. The number of anilines is 3. The van der Waals surface area contributed by atoms with Gasteiger partial charge in [-0.3, -0.25) is 4.79 Å². The van der Waals surface area contributed by atoms with E-state index in [1.165, 1.54) is 0 Å². The number of likely N-dealkylation sites (N-methyl/N-ethyl adjacent to an activating group) is 1. The van der Waals surface area contributed by atoms with Gasteiger partial charge >= 0.3 is 0 Å². The van der Waals surface area contributed by atoms with Crippen LogP contribution in [0.1, 0.15) is 25.5 Å². The first-order valence-corrected chi connectivity index (χ1v) is 7.29. The fourth-order valence-electron chi connectivity index (χ4n) is 2.80. The zero-order chi connectivity index (χ0) is 15.1. The fourth-order valence-corrected chi connectivity index (χ4v) is 2.80. The molecule has 0 aromatic carbocycles. The standard InChI is InChI=1S/C14H21N5O2/c1-7-11-12(19(3)8(2)13(21)17-11)18-14(15-7)16-10-4-9(5-10)6-20/h8-10,20H,4-6H2,1-3H3,(H,17,21)(H,15,16,18)/t8-,9-,10+/m0/s1.